The number of nitrogens with one attached hydrogen (secondary N) is 1. The summed E-state index contributed by atoms with van der Waals surface area (Å²) >= 11 is 1.68. The second kappa shape index (κ2) is 7.62. The number of para-hydroxylation sites is 1. The van der Waals surface area contributed by atoms with Gasteiger partial charge in [-0.15, -0.1) is 11.3 Å². The zero-order valence-electron chi connectivity index (χ0n) is 13.9. The van der Waals surface area contributed by atoms with Gasteiger partial charge < -0.3 is 10.1 Å². The van der Waals surface area contributed by atoms with Gasteiger partial charge in [-0.2, -0.15) is 0 Å². The maximum Gasteiger partial charge on any atom is 0.262 e. The van der Waals surface area contributed by atoms with E-state index in [-0.39, 0.29) is 12.5 Å². The first-order valence-corrected chi connectivity index (χ1v) is 9.05. The number of rotatable bonds is 6. The highest BCUT2D eigenvalue weighted by Gasteiger charge is 2.21. The van der Waals surface area contributed by atoms with Crippen LogP contribution in [0.3, 0.4) is 0 Å². The first-order chi connectivity index (χ1) is 11.7. The SMILES string of the molecule is C=NCc1c(NC(=O)COc2ccccc2C)sc2c1CCCC2. The number of fused-ring (bicyclic) bond motifs is 1. The van der Waals surface area contributed by atoms with Crippen LogP contribution in [0.4, 0.5) is 5.00 Å². The highest BCUT2D eigenvalue weighted by Crippen LogP contribution is 2.38. The third kappa shape index (κ3) is 3.67. The molecule has 0 unspecified atom stereocenters. The monoisotopic (exact) mass is 342 g/mol. The number of aryl methyl sites for hydroxylation is 2. The number of nitrogens with zero attached hydrogens (tertiary/aromatic N) is 1. The largest absolute Gasteiger partial charge is 0.483 e. The second-order valence-corrected chi connectivity index (χ2v) is 7.11. The van der Waals surface area contributed by atoms with Crippen molar-refractivity contribution in [2.24, 2.45) is 4.99 Å². The van der Waals surface area contributed by atoms with Gasteiger partial charge in [0, 0.05) is 10.4 Å². The van der Waals surface area contributed by atoms with E-state index < -0.39 is 0 Å². The number of anilines is 1. The molecule has 1 heterocycles. The lowest BCUT2D eigenvalue weighted by atomic mass is 9.95. The molecular weight excluding hydrogens is 320 g/mol. The molecule has 1 aliphatic rings. The zero-order valence-corrected chi connectivity index (χ0v) is 14.7. The number of hydrogen-bond donors (Lipinski definition) is 1. The molecule has 0 fully saturated rings. The van der Waals surface area contributed by atoms with E-state index in [1.165, 1.54) is 23.3 Å². The maximum atomic E-state index is 12.3. The van der Waals surface area contributed by atoms with Crippen LogP contribution in [-0.2, 0) is 24.2 Å². The molecule has 0 spiro atoms. The molecule has 0 aliphatic heterocycles. The summed E-state index contributed by atoms with van der Waals surface area (Å²) in [6.07, 6.45) is 4.60. The van der Waals surface area contributed by atoms with Crippen molar-refractivity contribution in [2.45, 2.75) is 39.2 Å². The van der Waals surface area contributed by atoms with Gasteiger partial charge in [-0.3, -0.25) is 9.79 Å². The topological polar surface area (TPSA) is 50.7 Å². The van der Waals surface area contributed by atoms with Gasteiger partial charge in [-0.25, -0.2) is 0 Å². The molecule has 2 aromatic rings. The zero-order chi connectivity index (χ0) is 16.9. The second-order valence-electron chi connectivity index (χ2n) is 6.00. The van der Waals surface area contributed by atoms with Crippen LogP contribution in [0.5, 0.6) is 5.75 Å². The van der Waals surface area contributed by atoms with E-state index in [1.54, 1.807) is 11.3 Å². The van der Waals surface area contributed by atoms with Crippen molar-refractivity contribution in [3.05, 3.63) is 45.8 Å². The number of benzene rings is 1. The van der Waals surface area contributed by atoms with E-state index in [1.807, 2.05) is 31.2 Å². The van der Waals surface area contributed by atoms with E-state index in [9.17, 15) is 4.79 Å². The van der Waals surface area contributed by atoms with Crippen molar-refractivity contribution in [1.29, 1.82) is 0 Å². The Morgan fingerprint density at radius 1 is 1.33 bits per heavy atom. The summed E-state index contributed by atoms with van der Waals surface area (Å²) in [5.74, 6) is 0.605. The number of hydrogen-bond acceptors (Lipinski definition) is 4. The molecule has 126 valence electrons. The van der Waals surface area contributed by atoms with Crippen LogP contribution in [0.1, 0.15) is 34.4 Å². The Hall–Kier alpha value is -2.14. The Kier molecular flexibility index (Phi) is 5.30. The number of thiophene rings is 1. The van der Waals surface area contributed by atoms with Crippen LogP contribution in [-0.4, -0.2) is 19.2 Å². The first-order valence-electron chi connectivity index (χ1n) is 8.23. The molecule has 4 nitrogen and oxygen atoms in total. The van der Waals surface area contributed by atoms with Gasteiger partial charge in [0.15, 0.2) is 6.61 Å². The molecule has 1 aromatic heterocycles. The smallest absolute Gasteiger partial charge is 0.262 e. The standard InChI is InChI=1S/C19H22N2O2S/c1-13-7-3-5-9-16(13)23-12-18(22)21-19-15(11-20-2)14-8-4-6-10-17(14)24-19/h3,5,7,9H,2,4,6,8,10-12H2,1H3,(H,21,22). The number of aliphatic imine (C=N–C) groups is 1. The lowest BCUT2D eigenvalue weighted by molar-refractivity contribution is -0.118. The highest BCUT2D eigenvalue weighted by molar-refractivity contribution is 7.16. The lowest BCUT2D eigenvalue weighted by Gasteiger charge is -2.12. The van der Waals surface area contributed by atoms with Gasteiger partial charge in [0.2, 0.25) is 0 Å². The molecule has 24 heavy (non-hydrogen) atoms. The fourth-order valence-electron chi connectivity index (χ4n) is 3.04. The van der Waals surface area contributed by atoms with E-state index in [0.29, 0.717) is 6.54 Å². The summed E-state index contributed by atoms with van der Waals surface area (Å²) in [7, 11) is 0. The van der Waals surface area contributed by atoms with Crippen LogP contribution in [0.2, 0.25) is 0 Å². The van der Waals surface area contributed by atoms with E-state index in [0.717, 1.165) is 34.7 Å². The van der Waals surface area contributed by atoms with Crippen molar-refractivity contribution in [3.63, 3.8) is 0 Å². The molecule has 0 saturated heterocycles. The van der Waals surface area contributed by atoms with Crippen LogP contribution in [0.15, 0.2) is 29.3 Å². The molecular formula is C19H22N2O2S. The van der Waals surface area contributed by atoms with Crippen molar-refractivity contribution < 1.29 is 9.53 Å². The fourth-order valence-corrected chi connectivity index (χ4v) is 4.35. The van der Waals surface area contributed by atoms with Crippen molar-refractivity contribution in [2.75, 3.05) is 11.9 Å². The summed E-state index contributed by atoms with van der Waals surface area (Å²) in [5, 5.41) is 3.92. The Balaban J connectivity index is 1.69. The summed E-state index contributed by atoms with van der Waals surface area (Å²) in [4.78, 5) is 17.7. The van der Waals surface area contributed by atoms with Crippen molar-refractivity contribution in [3.8, 4) is 5.75 Å². The third-order valence-electron chi connectivity index (χ3n) is 4.26. The summed E-state index contributed by atoms with van der Waals surface area (Å²) in [6, 6.07) is 7.70. The number of carbonyl (C=O) groups excluding carboxylic acids is 1. The maximum absolute atomic E-state index is 12.3. The third-order valence-corrected chi connectivity index (χ3v) is 5.51. The number of ether oxygens (including phenoxy) is 1. The molecule has 0 atom stereocenters. The molecule has 3 rings (SSSR count). The molecule has 1 aliphatic carbocycles. The Morgan fingerprint density at radius 2 is 2.12 bits per heavy atom. The summed E-state index contributed by atoms with van der Waals surface area (Å²) < 4.78 is 5.63. The van der Waals surface area contributed by atoms with E-state index in [2.05, 4.69) is 17.0 Å². The van der Waals surface area contributed by atoms with Crippen molar-refractivity contribution >= 4 is 29.0 Å². The normalized spacial score (nSPS) is 13.2. The minimum absolute atomic E-state index is 0.00831. The quantitative estimate of drug-likeness (QED) is 0.802. The molecule has 1 amide bonds. The molecule has 1 N–H and O–H groups in total. The molecule has 0 saturated carbocycles. The first kappa shape index (κ1) is 16.7. The molecule has 1 aromatic carbocycles. The van der Waals surface area contributed by atoms with Crippen LogP contribution in [0, 0.1) is 6.92 Å². The molecule has 5 heteroatoms. The Bertz CT molecular complexity index is 752. The molecule has 0 radical (unpaired) electrons. The van der Waals surface area contributed by atoms with Gasteiger partial charge in [-0.05, 0) is 56.5 Å². The van der Waals surface area contributed by atoms with Gasteiger partial charge in [0.1, 0.15) is 10.8 Å². The van der Waals surface area contributed by atoms with E-state index >= 15 is 0 Å². The molecule has 0 bridgehead atoms. The van der Waals surface area contributed by atoms with Gasteiger partial charge >= 0.3 is 0 Å². The Labute approximate surface area is 146 Å². The number of carbonyl (C=O) groups is 1. The Morgan fingerprint density at radius 3 is 2.92 bits per heavy atom. The van der Waals surface area contributed by atoms with Crippen molar-refractivity contribution in [1.82, 2.24) is 0 Å². The van der Waals surface area contributed by atoms with Crippen LogP contribution in [0.25, 0.3) is 0 Å². The minimum atomic E-state index is -0.137. The fraction of sp³-hybridized carbons (Fsp3) is 0.368. The predicted octanol–water partition coefficient (Wildman–Crippen LogP) is 4.15. The summed E-state index contributed by atoms with van der Waals surface area (Å²) in [5.41, 5.74) is 3.52. The van der Waals surface area contributed by atoms with Gasteiger partial charge in [-0.1, -0.05) is 18.2 Å². The minimum Gasteiger partial charge on any atom is -0.483 e. The van der Waals surface area contributed by atoms with Gasteiger partial charge in [0.05, 0.1) is 6.54 Å². The van der Waals surface area contributed by atoms with Gasteiger partial charge in [0.25, 0.3) is 5.91 Å². The average molecular weight is 342 g/mol. The van der Waals surface area contributed by atoms with Crippen LogP contribution >= 0.6 is 11.3 Å². The number of amides is 1. The summed E-state index contributed by atoms with van der Waals surface area (Å²) in [6.45, 7) is 6.14. The average Bonchev–Trinajstić information content (AvgIpc) is 2.92. The predicted molar refractivity (Wildman–Crippen MR) is 99.5 cm³/mol. The van der Waals surface area contributed by atoms with E-state index in [4.69, 9.17) is 4.74 Å². The lowest BCUT2D eigenvalue weighted by Crippen LogP contribution is -2.20. The van der Waals surface area contributed by atoms with Crippen LogP contribution < -0.4 is 10.1 Å². The highest BCUT2D eigenvalue weighted by atomic mass is 32.1.